The number of nitrogens with two attached hydrogens (primary N) is 2. The molecule has 2 aliphatic heterocycles. The molecule has 5 rings (SSSR count). The van der Waals surface area contributed by atoms with E-state index in [1.54, 1.807) is 88.4 Å². The van der Waals surface area contributed by atoms with E-state index in [4.69, 9.17) is 11.5 Å². The number of nitrogens with one attached hydrogen (secondary N) is 10. The minimum Gasteiger partial charge on any atom is -0.508 e. The molecule has 0 aliphatic carbocycles. The number of hydrogen-bond donors (Lipinski definition) is 13. The molecule has 2 fully saturated rings. The molecule has 0 radical (unpaired) electrons. The number of amides is 11. The predicted octanol–water partition coefficient (Wildman–Crippen LogP) is 1.46. The fraction of sp³-hybridized carbons (Fsp3) is 0.567. The molecule has 25 nitrogen and oxygen atoms in total. The van der Waals surface area contributed by atoms with Gasteiger partial charge in [-0.25, -0.2) is 0 Å². The van der Waals surface area contributed by atoms with Crippen molar-refractivity contribution < 1.29 is 57.8 Å². The van der Waals surface area contributed by atoms with Crippen LogP contribution in [0, 0.1) is 11.8 Å². The van der Waals surface area contributed by atoms with Gasteiger partial charge in [-0.05, 0) is 118 Å². The van der Waals surface area contributed by atoms with Crippen LogP contribution in [0.25, 0.3) is 0 Å². The Hall–Kier alpha value is -8.45. The summed E-state index contributed by atoms with van der Waals surface area (Å²) in [5.41, 5.74) is 13.6. The van der Waals surface area contributed by atoms with E-state index in [-0.39, 0.29) is 95.6 Å². The maximum absolute atomic E-state index is 15.1. The lowest BCUT2D eigenvalue weighted by molar-refractivity contribution is -0.142. The maximum atomic E-state index is 15.1. The highest BCUT2D eigenvalue weighted by atomic mass is 16.3. The zero-order valence-corrected chi connectivity index (χ0v) is 54.2. The minimum absolute atomic E-state index is 0.00336. The number of carbonyl (C=O) groups excluding carboxylic acids is 11. The second kappa shape index (κ2) is 38.4. The normalized spacial score (nSPS) is 24.0. The third-order valence-corrected chi connectivity index (χ3v) is 16.2. The van der Waals surface area contributed by atoms with E-state index in [9.17, 15) is 53.1 Å². The van der Waals surface area contributed by atoms with Crippen molar-refractivity contribution in [3.8, 4) is 5.75 Å². The van der Waals surface area contributed by atoms with E-state index in [2.05, 4.69) is 53.2 Å². The third kappa shape index (κ3) is 24.0. The van der Waals surface area contributed by atoms with Gasteiger partial charge in [0.2, 0.25) is 65.0 Å². The summed E-state index contributed by atoms with van der Waals surface area (Å²) in [6, 6.07) is 10.2. The van der Waals surface area contributed by atoms with E-state index >= 15 is 4.79 Å². The zero-order chi connectivity index (χ0) is 67.3. The number of phenols is 1. The SMILES string of the molecule is CCCC[C@@H]1NC(=O)[C@H](CCCN)NC(=O)[C@H](C(C)C)NC(=O)[C@H](Cc2ccc(O)cc2)NC(=O)[C@@H](CC(C)C)NC(=O)[C@H](CC(=O)NCCC)NC(=O)[C@@H](CCCCN)NC(=O)[C@@H](Cc2ccccc2)NC(=O)[C@@H]2CCCN2C(=O)[C@@H](Cc2ccccc2)NC1=O. The molecule has 3 aromatic carbocycles. The fourth-order valence-corrected chi connectivity index (χ4v) is 11.1. The highest BCUT2D eigenvalue weighted by molar-refractivity contribution is 6.00. The van der Waals surface area contributed by atoms with Crippen LogP contribution in [0.1, 0.15) is 142 Å². The van der Waals surface area contributed by atoms with Gasteiger partial charge >= 0.3 is 0 Å². The van der Waals surface area contributed by atoms with Gasteiger partial charge in [-0.3, -0.25) is 52.7 Å². The average Bonchev–Trinajstić information content (AvgIpc) is 1.67. The standard InChI is InChI=1S/C67H99N13O12/c1-7-9-24-47-60(85)78-54(39-44-22-14-11-15-23-44)67(92)80-35-19-27-55(80)65(90)77-51(37-43-20-12-10-13-21-43)62(87)72-48(25-16-17-32-68)59(84)76-53(40-56(82)70-34-8-2)63(88)74-50(36-41(3)4)61(86)75-52(38-45-28-30-46(81)31-29-45)64(89)79-57(42(5)6)66(91)73-49(26-18-33-69)58(83)71-47/h10-15,20-23,28-31,41-42,47-55,57,81H,7-9,16-19,24-27,32-40,68-69H2,1-6H3,(H,70,82)(H,71,83)(H,72,87)(H,73,91)(H,74,88)(H,75,86)(H,76,84)(H,77,90)(H,78,85)(H,79,89)/t47-,48+,49-,50+,51+,52-,53-,54+,55-,57-/m0/s1. The molecule has 11 amide bonds. The van der Waals surface area contributed by atoms with Gasteiger partial charge in [-0.1, -0.05) is 127 Å². The number of fused-ring (bicyclic) bond motifs is 1. The average molecular weight is 1280 g/mol. The highest BCUT2D eigenvalue weighted by Crippen LogP contribution is 2.22. The lowest BCUT2D eigenvalue weighted by atomic mass is 9.98. The van der Waals surface area contributed by atoms with Gasteiger partial charge in [-0.2, -0.15) is 0 Å². The van der Waals surface area contributed by atoms with E-state index < -0.39 is 138 Å². The Balaban J connectivity index is 1.65. The number of unbranched alkanes of at least 4 members (excludes halogenated alkanes) is 2. The maximum Gasteiger partial charge on any atom is 0.246 e. The summed E-state index contributed by atoms with van der Waals surface area (Å²) in [6.45, 7) is 11.4. The first-order valence-electron chi connectivity index (χ1n) is 32.6. The summed E-state index contributed by atoms with van der Waals surface area (Å²) >= 11 is 0. The number of hydrogen-bond acceptors (Lipinski definition) is 14. The van der Waals surface area contributed by atoms with Crippen molar-refractivity contribution in [1.82, 2.24) is 58.1 Å². The van der Waals surface area contributed by atoms with Crippen LogP contribution in [-0.2, 0) is 72.0 Å². The second-order valence-electron chi connectivity index (χ2n) is 24.7. The van der Waals surface area contributed by atoms with Crippen LogP contribution in [0.3, 0.4) is 0 Å². The molecule has 0 bridgehead atoms. The van der Waals surface area contributed by atoms with Gasteiger partial charge in [0.1, 0.15) is 66.2 Å². The van der Waals surface area contributed by atoms with Crippen molar-refractivity contribution in [3.63, 3.8) is 0 Å². The third-order valence-electron chi connectivity index (χ3n) is 16.2. The Labute approximate surface area is 540 Å². The van der Waals surface area contributed by atoms with Gasteiger partial charge in [0.05, 0.1) is 6.42 Å². The molecule has 25 heteroatoms. The van der Waals surface area contributed by atoms with Crippen LogP contribution in [0.2, 0.25) is 0 Å². The highest BCUT2D eigenvalue weighted by Gasteiger charge is 2.42. The Morgan fingerprint density at radius 3 is 1.47 bits per heavy atom. The van der Waals surface area contributed by atoms with Crippen molar-refractivity contribution in [1.29, 1.82) is 0 Å². The van der Waals surface area contributed by atoms with Crippen LogP contribution in [-0.4, -0.2) is 162 Å². The van der Waals surface area contributed by atoms with Crippen molar-refractivity contribution >= 4 is 65.0 Å². The number of aromatic hydroxyl groups is 1. The fourth-order valence-electron chi connectivity index (χ4n) is 11.1. The quantitative estimate of drug-likeness (QED) is 0.0599. The first-order valence-corrected chi connectivity index (χ1v) is 32.6. The van der Waals surface area contributed by atoms with Crippen LogP contribution in [0.5, 0.6) is 5.75 Å². The summed E-state index contributed by atoms with van der Waals surface area (Å²) in [5, 5.41) is 38.0. The van der Waals surface area contributed by atoms with Gasteiger partial charge in [0, 0.05) is 32.4 Å². The van der Waals surface area contributed by atoms with Crippen molar-refractivity contribution in [2.75, 3.05) is 26.2 Å². The molecule has 3 aromatic rings. The summed E-state index contributed by atoms with van der Waals surface area (Å²) in [7, 11) is 0. The molecule has 0 spiro atoms. The number of phenolic OH excluding ortho intramolecular Hbond substituents is 1. The number of carbonyl (C=O) groups is 11. The predicted molar refractivity (Wildman–Crippen MR) is 347 cm³/mol. The molecule has 504 valence electrons. The molecule has 15 N–H and O–H groups in total. The number of nitrogens with zero attached hydrogens (tertiary/aromatic N) is 1. The molecule has 2 heterocycles. The molecular formula is C67H99N13O12. The van der Waals surface area contributed by atoms with E-state index in [0.29, 0.717) is 55.2 Å². The van der Waals surface area contributed by atoms with Gasteiger partial charge in [-0.15, -0.1) is 0 Å². The van der Waals surface area contributed by atoms with E-state index in [1.807, 2.05) is 13.8 Å². The molecule has 0 unspecified atom stereocenters. The largest absolute Gasteiger partial charge is 0.508 e. The first-order chi connectivity index (χ1) is 44.0. The smallest absolute Gasteiger partial charge is 0.246 e. The van der Waals surface area contributed by atoms with Crippen molar-refractivity contribution in [2.24, 2.45) is 23.3 Å². The molecular weight excluding hydrogens is 1180 g/mol. The lowest BCUT2D eigenvalue weighted by Crippen LogP contribution is -2.62. The number of rotatable bonds is 23. The molecule has 0 saturated carbocycles. The van der Waals surface area contributed by atoms with E-state index in [1.165, 1.54) is 29.2 Å². The molecule has 2 saturated heterocycles. The molecule has 92 heavy (non-hydrogen) atoms. The number of benzene rings is 3. The van der Waals surface area contributed by atoms with Gasteiger partial charge in [0.25, 0.3) is 0 Å². The van der Waals surface area contributed by atoms with Crippen LogP contribution in [0.15, 0.2) is 84.9 Å². The molecule has 0 aromatic heterocycles. The van der Waals surface area contributed by atoms with Crippen LogP contribution < -0.4 is 64.6 Å². The van der Waals surface area contributed by atoms with Gasteiger partial charge < -0.3 is 74.6 Å². The van der Waals surface area contributed by atoms with Crippen LogP contribution >= 0.6 is 0 Å². The Morgan fingerprint density at radius 1 is 0.500 bits per heavy atom. The summed E-state index contributed by atoms with van der Waals surface area (Å²) in [5.74, 6) is -9.37. The van der Waals surface area contributed by atoms with E-state index in [0.717, 1.165) is 0 Å². The van der Waals surface area contributed by atoms with Gasteiger partial charge in [0.15, 0.2) is 0 Å². The van der Waals surface area contributed by atoms with Crippen molar-refractivity contribution in [2.45, 2.75) is 205 Å². The summed E-state index contributed by atoms with van der Waals surface area (Å²) in [4.78, 5) is 163. The Kier molecular flexibility index (Phi) is 31.0. The topological polar surface area (TPSA) is 384 Å². The summed E-state index contributed by atoms with van der Waals surface area (Å²) < 4.78 is 0. The van der Waals surface area contributed by atoms with Crippen molar-refractivity contribution in [3.05, 3.63) is 102 Å². The Bertz CT molecular complexity index is 2920. The zero-order valence-electron chi connectivity index (χ0n) is 54.2. The molecule has 2 aliphatic rings. The van der Waals surface area contributed by atoms with Crippen LogP contribution in [0.4, 0.5) is 0 Å². The minimum atomic E-state index is -1.64. The Morgan fingerprint density at radius 2 is 0.935 bits per heavy atom. The first kappa shape index (κ1) is 74.3. The second-order valence-corrected chi connectivity index (χ2v) is 24.7. The molecule has 10 atom stereocenters. The monoisotopic (exact) mass is 1280 g/mol. The summed E-state index contributed by atoms with van der Waals surface area (Å²) in [6.07, 6.45) is 2.46. The lowest BCUT2D eigenvalue weighted by Gasteiger charge is -2.31.